The van der Waals surface area contributed by atoms with Gasteiger partial charge in [-0.2, -0.15) is 0 Å². The molecule has 0 aromatic carbocycles. The van der Waals surface area contributed by atoms with Crippen LogP contribution in [0.15, 0.2) is 0 Å². The first kappa shape index (κ1) is 18.4. The lowest BCUT2D eigenvalue weighted by Gasteiger charge is -2.38. The highest BCUT2D eigenvalue weighted by Crippen LogP contribution is 2.39. The molecule has 7 N–H and O–H groups in total. The molecule has 1 saturated heterocycles. The lowest BCUT2D eigenvalue weighted by atomic mass is 9.84. The normalized spacial score (nSPS) is 21.9. The number of rotatable bonds is 2. The molecule has 9 heteroatoms. The first-order valence-electron chi connectivity index (χ1n) is 9.29. The molecule has 1 unspecified atom stereocenters. The van der Waals surface area contributed by atoms with E-state index < -0.39 is 0 Å². The Balaban J connectivity index is 1.96. The van der Waals surface area contributed by atoms with Crippen LogP contribution in [0.2, 0.25) is 0 Å². The molecule has 4 heterocycles. The molecule has 146 valence electrons. The third kappa shape index (κ3) is 2.94. The second-order valence-corrected chi connectivity index (χ2v) is 9.09. The summed E-state index contributed by atoms with van der Waals surface area (Å²) in [7, 11) is 2.24. The number of aromatic amines is 1. The first-order valence-corrected chi connectivity index (χ1v) is 10.1. The summed E-state index contributed by atoms with van der Waals surface area (Å²) in [5.41, 5.74) is 11.8. The van der Waals surface area contributed by atoms with Crippen molar-refractivity contribution < 1.29 is 19.4 Å². The minimum atomic E-state index is -0.346. The van der Waals surface area contributed by atoms with E-state index >= 15 is 0 Å². The van der Waals surface area contributed by atoms with Gasteiger partial charge < -0.3 is 15.4 Å². The quantitative estimate of drug-likeness (QED) is 0.300. The van der Waals surface area contributed by atoms with E-state index in [1.165, 1.54) is 27.4 Å². The Morgan fingerprint density at radius 3 is 2.70 bits per heavy atom. The van der Waals surface area contributed by atoms with Crippen LogP contribution < -0.4 is 31.8 Å². The number of amides is 1. The Morgan fingerprint density at radius 1 is 1.33 bits per heavy atom. The maximum absolute atomic E-state index is 12.2. The Kier molecular flexibility index (Phi) is 4.50. The second-order valence-electron chi connectivity index (χ2n) is 8.07. The highest BCUT2D eigenvalue weighted by Gasteiger charge is 2.41. The Hall–Kier alpha value is -1.94. The number of nitrogens with zero attached hydrogens (tertiary/aromatic N) is 1. The molecule has 0 spiro atoms. The number of pyridine rings is 1. The molecule has 1 amide bonds. The molecule has 2 aliphatic heterocycles. The number of nitrogens with two attached hydrogens (primary N) is 2. The van der Waals surface area contributed by atoms with E-state index in [0.717, 1.165) is 55.3 Å². The zero-order valence-electron chi connectivity index (χ0n) is 16.1. The number of thiophene rings is 1. The van der Waals surface area contributed by atoms with Gasteiger partial charge in [0.1, 0.15) is 24.5 Å². The molecule has 2 aromatic heterocycles. The van der Waals surface area contributed by atoms with Crippen molar-refractivity contribution >= 4 is 39.0 Å². The van der Waals surface area contributed by atoms with Gasteiger partial charge in [-0.15, -0.1) is 0 Å². The fourth-order valence-electron chi connectivity index (χ4n) is 4.08. The zero-order valence-corrected chi connectivity index (χ0v) is 16.9. The molecule has 1 atom stereocenters. The lowest BCUT2D eigenvalue weighted by molar-refractivity contribution is -0.945. The van der Waals surface area contributed by atoms with Gasteiger partial charge in [-0.05, 0) is 19.4 Å². The third-order valence-corrected chi connectivity index (χ3v) is 7.13. The molecule has 8 nitrogen and oxygen atoms in total. The van der Waals surface area contributed by atoms with Crippen molar-refractivity contribution in [1.29, 1.82) is 0 Å². The number of hydrazine groups is 1. The van der Waals surface area contributed by atoms with Crippen LogP contribution in [0.5, 0.6) is 0 Å². The van der Waals surface area contributed by atoms with Gasteiger partial charge in [0.15, 0.2) is 4.83 Å². The summed E-state index contributed by atoms with van der Waals surface area (Å²) < 4.78 is 5.53. The van der Waals surface area contributed by atoms with Crippen LogP contribution in [-0.4, -0.2) is 44.8 Å². The molecule has 0 radical (unpaired) electrons. The number of aromatic nitrogens is 1. The zero-order chi connectivity index (χ0) is 19.3. The minimum Gasteiger partial charge on any atom is -0.397 e. The monoisotopic (exact) mass is 392 g/mol. The van der Waals surface area contributed by atoms with Crippen LogP contribution in [0.1, 0.15) is 34.6 Å². The van der Waals surface area contributed by atoms with Crippen LogP contribution >= 0.6 is 11.3 Å². The molecule has 0 saturated carbocycles. The van der Waals surface area contributed by atoms with E-state index in [-0.39, 0.29) is 11.4 Å². The second kappa shape index (κ2) is 6.59. The summed E-state index contributed by atoms with van der Waals surface area (Å²) in [6.45, 7) is 8.62. The highest BCUT2D eigenvalue weighted by molar-refractivity contribution is 7.20. The van der Waals surface area contributed by atoms with Crippen LogP contribution in [-0.2, 0) is 17.7 Å². The summed E-state index contributed by atoms with van der Waals surface area (Å²) in [5, 5.41) is 0.978. The largest absolute Gasteiger partial charge is 0.397 e. The topological polar surface area (TPSA) is 112 Å². The van der Waals surface area contributed by atoms with Gasteiger partial charge in [0.2, 0.25) is 0 Å². The van der Waals surface area contributed by atoms with Crippen LogP contribution in [0.25, 0.3) is 10.2 Å². The van der Waals surface area contributed by atoms with Gasteiger partial charge >= 0.3 is 0 Å². The molecular formula is C18H28N6O2S+2. The molecular weight excluding hydrogens is 364 g/mol. The maximum Gasteiger partial charge on any atom is 0.284 e. The average molecular weight is 393 g/mol. The van der Waals surface area contributed by atoms with Crippen molar-refractivity contribution in [3.8, 4) is 0 Å². The predicted octanol–water partition coefficient (Wildman–Crippen LogP) is -0.913. The lowest BCUT2D eigenvalue weighted by Crippen LogP contribution is -3.16. The highest BCUT2D eigenvalue weighted by atomic mass is 32.1. The van der Waals surface area contributed by atoms with Crippen LogP contribution in [0, 0.1) is 0 Å². The third-order valence-electron chi connectivity index (χ3n) is 6.01. The Labute approximate surface area is 162 Å². The molecule has 2 aromatic rings. The van der Waals surface area contributed by atoms with Crippen molar-refractivity contribution in [1.82, 2.24) is 5.43 Å². The van der Waals surface area contributed by atoms with E-state index in [4.69, 9.17) is 16.3 Å². The first-order chi connectivity index (χ1) is 12.8. The molecule has 0 aliphatic carbocycles. The summed E-state index contributed by atoms with van der Waals surface area (Å²) in [6.07, 6.45) is 0.904. The van der Waals surface area contributed by atoms with Crippen molar-refractivity contribution in [3.63, 3.8) is 0 Å². The fraction of sp³-hybridized carbons (Fsp3) is 0.556. The van der Waals surface area contributed by atoms with Crippen molar-refractivity contribution in [2.45, 2.75) is 32.4 Å². The van der Waals surface area contributed by atoms with E-state index in [2.05, 4.69) is 36.2 Å². The van der Waals surface area contributed by atoms with E-state index in [1.807, 2.05) is 0 Å². The van der Waals surface area contributed by atoms with Crippen LogP contribution in [0.3, 0.4) is 0 Å². The van der Waals surface area contributed by atoms with E-state index in [9.17, 15) is 4.79 Å². The summed E-state index contributed by atoms with van der Waals surface area (Å²) in [6, 6.07) is 0. The number of likely N-dealkylation sites (N-methyl/N-ethyl adjacent to an activating group) is 1. The van der Waals surface area contributed by atoms with Gasteiger partial charge in [0, 0.05) is 6.42 Å². The maximum atomic E-state index is 12.2. The SMILES string of the molecule is C[NH+]1Cc2c(N3CCOCC3)[nH+]c3sc(C(=O)NN)c(N)c3c2CC1(C)C. The smallest absolute Gasteiger partial charge is 0.284 e. The minimum absolute atomic E-state index is 0.0915. The van der Waals surface area contributed by atoms with E-state index in [1.54, 1.807) is 0 Å². The fourth-order valence-corrected chi connectivity index (χ4v) is 5.13. The van der Waals surface area contributed by atoms with E-state index in [0.29, 0.717) is 10.6 Å². The number of carbonyl (C=O) groups is 1. The van der Waals surface area contributed by atoms with Crippen molar-refractivity contribution in [2.24, 2.45) is 5.84 Å². The average Bonchev–Trinajstić information content (AvgIpc) is 2.99. The number of H-pyrrole nitrogens is 1. The number of nitrogens with one attached hydrogen (secondary N) is 3. The number of anilines is 2. The molecule has 2 aliphatic rings. The van der Waals surface area contributed by atoms with Gasteiger partial charge in [0.25, 0.3) is 11.7 Å². The van der Waals surface area contributed by atoms with Crippen LogP contribution in [0.4, 0.5) is 11.5 Å². The number of hydrogen-bond donors (Lipinski definition) is 4. The van der Waals surface area contributed by atoms with Gasteiger partial charge in [-0.1, -0.05) is 11.3 Å². The number of hydrogen-bond acceptors (Lipinski definition) is 6. The summed E-state index contributed by atoms with van der Waals surface area (Å²) in [4.78, 5) is 21.0. The number of quaternary nitrogens is 1. The van der Waals surface area contributed by atoms with Crippen molar-refractivity contribution in [3.05, 3.63) is 16.0 Å². The van der Waals surface area contributed by atoms with Gasteiger partial charge in [-0.25, -0.2) is 10.8 Å². The molecule has 0 bridgehead atoms. The summed E-state index contributed by atoms with van der Waals surface area (Å²) >= 11 is 1.37. The number of carbonyl (C=O) groups excluding carboxylic acids is 1. The molecule has 27 heavy (non-hydrogen) atoms. The van der Waals surface area contributed by atoms with Gasteiger partial charge in [-0.3, -0.25) is 15.1 Å². The molecule has 4 rings (SSSR count). The standard InChI is InChI=1S/C18H26N6O2S/c1-18(2)8-10-11(9-23(18)3)15(24-4-6-26-7-5-24)21-17-12(10)13(19)14(27-17)16(25)22-20/h4-9,19-20H2,1-3H3,(H,22,25)/p+2. The predicted molar refractivity (Wildman–Crippen MR) is 106 cm³/mol. The molecule has 1 fully saturated rings. The van der Waals surface area contributed by atoms with Crippen molar-refractivity contribution in [2.75, 3.05) is 44.0 Å². The number of morpholine rings is 1. The Bertz CT molecular complexity index is 903. The Morgan fingerprint density at radius 2 is 2.04 bits per heavy atom. The number of fused-ring (bicyclic) bond motifs is 3. The number of ether oxygens (including phenoxy) is 1. The number of nitrogen functional groups attached to an aromatic ring is 2. The van der Waals surface area contributed by atoms with Gasteiger partial charge in [0.05, 0.1) is 42.4 Å². The summed E-state index contributed by atoms with van der Waals surface area (Å²) in [5.74, 6) is 6.15.